The van der Waals surface area contributed by atoms with Crippen molar-refractivity contribution >= 4 is 11.8 Å². The molecule has 0 bridgehead atoms. The van der Waals surface area contributed by atoms with Crippen LogP contribution in [0, 0.1) is 18.8 Å². The van der Waals surface area contributed by atoms with Gasteiger partial charge in [-0.2, -0.15) is 0 Å². The molecule has 5 heteroatoms. The fraction of sp³-hybridized carbons (Fsp3) is 0.375. The highest BCUT2D eigenvalue weighted by Gasteiger charge is 2.17. The molecule has 0 saturated heterocycles. The van der Waals surface area contributed by atoms with Crippen molar-refractivity contribution in [1.29, 1.82) is 0 Å². The SMILES string of the molecule is CCNC(=O)CN(C)C(=O)c1ccc(C)cc1C#CCN. The van der Waals surface area contributed by atoms with Crippen LogP contribution in [0.15, 0.2) is 18.2 Å². The number of hydrogen-bond donors (Lipinski definition) is 2. The molecular formula is C16H21N3O2. The monoisotopic (exact) mass is 287 g/mol. The maximum atomic E-state index is 12.4. The van der Waals surface area contributed by atoms with Crippen LogP contribution in [0.2, 0.25) is 0 Å². The van der Waals surface area contributed by atoms with E-state index in [-0.39, 0.29) is 24.9 Å². The van der Waals surface area contributed by atoms with Crippen molar-refractivity contribution in [3.63, 3.8) is 0 Å². The Balaban J connectivity index is 2.98. The quantitative estimate of drug-likeness (QED) is 0.792. The number of nitrogens with two attached hydrogens (primary N) is 1. The van der Waals surface area contributed by atoms with E-state index in [2.05, 4.69) is 17.2 Å². The number of likely N-dealkylation sites (N-methyl/N-ethyl adjacent to an activating group) is 2. The van der Waals surface area contributed by atoms with Crippen LogP contribution in [0.4, 0.5) is 0 Å². The van der Waals surface area contributed by atoms with Crippen molar-refractivity contribution in [2.75, 3.05) is 26.7 Å². The van der Waals surface area contributed by atoms with Gasteiger partial charge in [0.15, 0.2) is 0 Å². The first-order valence-corrected chi connectivity index (χ1v) is 6.81. The molecule has 0 aliphatic heterocycles. The number of carbonyl (C=O) groups excluding carboxylic acids is 2. The highest BCUT2D eigenvalue weighted by molar-refractivity contribution is 5.98. The summed E-state index contributed by atoms with van der Waals surface area (Å²) in [5, 5.41) is 2.66. The van der Waals surface area contributed by atoms with Crippen LogP contribution < -0.4 is 11.1 Å². The summed E-state index contributed by atoms with van der Waals surface area (Å²) in [7, 11) is 1.59. The van der Waals surface area contributed by atoms with Gasteiger partial charge in [0, 0.05) is 19.2 Å². The van der Waals surface area contributed by atoms with Crippen LogP contribution in [-0.4, -0.2) is 43.4 Å². The lowest BCUT2D eigenvalue weighted by Gasteiger charge is -2.17. The number of amides is 2. The van der Waals surface area contributed by atoms with Gasteiger partial charge in [-0.1, -0.05) is 17.9 Å². The maximum Gasteiger partial charge on any atom is 0.255 e. The molecule has 0 saturated carbocycles. The lowest BCUT2D eigenvalue weighted by molar-refractivity contribution is -0.121. The lowest BCUT2D eigenvalue weighted by atomic mass is 10.0. The van der Waals surface area contributed by atoms with Gasteiger partial charge in [0.05, 0.1) is 18.7 Å². The van der Waals surface area contributed by atoms with Crippen LogP contribution in [0.5, 0.6) is 0 Å². The van der Waals surface area contributed by atoms with Gasteiger partial charge in [0.1, 0.15) is 0 Å². The molecule has 0 unspecified atom stereocenters. The van der Waals surface area contributed by atoms with Crippen molar-refractivity contribution in [2.45, 2.75) is 13.8 Å². The van der Waals surface area contributed by atoms with Gasteiger partial charge in [-0.3, -0.25) is 9.59 Å². The third-order valence-corrected chi connectivity index (χ3v) is 2.83. The standard InChI is InChI=1S/C16H21N3O2/c1-4-18-15(20)11-19(3)16(21)14-8-7-12(2)10-13(14)6-5-9-17/h7-8,10H,4,9,11,17H2,1-3H3,(H,18,20). The van der Waals surface area contributed by atoms with Crippen molar-refractivity contribution in [1.82, 2.24) is 10.2 Å². The molecule has 0 radical (unpaired) electrons. The lowest BCUT2D eigenvalue weighted by Crippen LogP contribution is -2.38. The van der Waals surface area contributed by atoms with Crippen LogP contribution in [0.3, 0.4) is 0 Å². The molecule has 0 aliphatic carbocycles. The second-order valence-corrected chi connectivity index (χ2v) is 4.67. The molecule has 0 aliphatic rings. The Kier molecular flexibility index (Phi) is 6.44. The summed E-state index contributed by atoms with van der Waals surface area (Å²) < 4.78 is 0. The van der Waals surface area contributed by atoms with Gasteiger partial charge < -0.3 is 16.0 Å². The Labute approximate surface area is 125 Å². The third-order valence-electron chi connectivity index (χ3n) is 2.83. The summed E-state index contributed by atoms with van der Waals surface area (Å²) in [6.45, 7) is 4.56. The Morgan fingerprint density at radius 2 is 2.10 bits per heavy atom. The first-order valence-electron chi connectivity index (χ1n) is 6.81. The first-order chi connectivity index (χ1) is 9.99. The fourth-order valence-corrected chi connectivity index (χ4v) is 1.84. The van der Waals surface area contributed by atoms with E-state index in [1.807, 2.05) is 26.0 Å². The van der Waals surface area contributed by atoms with Gasteiger partial charge in [-0.15, -0.1) is 0 Å². The fourth-order valence-electron chi connectivity index (χ4n) is 1.84. The van der Waals surface area contributed by atoms with E-state index in [4.69, 9.17) is 5.73 Å². The molecule has 0 heterocycles. The van der Waals surface area contributed by atoms with Crippen LogP contribution >= 0.6 is 0 Å². The summed E-state index contributed by atoms with van der Waals surface area (Å²) in [5.74, 6) is 5.24. The smallest absolute Gasteiger partial charge is 0.255 e. The predicted molar refractivity (Wildman–Crippen MR) is 82.8 cm³/mol. The number of rotatable bonds is 4. The Morgan fingerprint density at radius 3 is 2.71 bits per heavy atom. The van der Waals surface area contributed by atoms with Crippen molar-refractivity contribution in [3.05, 3.63) is 34.9 Å². The van der Waals surface area contributed by atoms with E-state index in [1.165, 1.54) is 4.90 Å². The van der Waals surface area contributed by atoms with Gasteiger partial charge in [0.25, 0.3) is 5.91 Å². The largest absolute Gasteiger partial charge is 0.355 e. The maximum absolute atomic E-state index is 12.4. The summed E-state index contributed by atoms with van der Waals surface area (Å²) in [6.07, 6.45) is 0. The summed E-state index contributed by atoms with van der Waals surface area (Å²) in [4.78, 5) is 25.4. The highest BCUT2D eigenvalue weighted by Crippen LogP contribution is 2.13. The minimum Gasteiger partial charge on any atom is -0.355 e. The molecule has 1 rings (SSSR count). The van der Waals surface area contributed by atoms with E-state index in [1.54, 1.807) is 13.1 Å². The van der Waals surface area contributed by atoms with Crippen molar-refractivity contribution in [2.24, 2.45) is 5.73 Å². The molecule has 112 valence electrons. The van der Waals surface area contributed by atoms with E-state index >= 15 is 0 Å². The molecule has 0 fully saturated rings. The molecule has 2 amide bonds. The summed E-state index contributed by atoms with van der Waals surface area (Å²) >= 11 is 0. The Hall–Kier alpha value is -2.32. The first kappa shape index (κ1) is 16.7. The second-order valence-electron chi connectivity index (χ2n) is 4.67. The minimum absolute atomic E-state index is 0.0182. The predicted octanol–water partition coefficient (Wildman–Crippen LogP) is 0.513. The summed E-state index contributed by atoms with van der Waals surface area (Å²) in [6, 6.07) is 5.42. The normalized spacial score (nSPS) is 9.52. The molecule has 5 nitrogen and oxygen atoms in total. The molecule has 3 N–H and O–H groups in total. The van der Waals surface area contributed by atoms with Crippen molar-refractivity contribution < 1.29 is 9.59 Å². The molecule has 21 heavy (non-hydrogen) atoms. The molecule has 1 aromatic carbocycles. The average Bonchev–Trinajstić information content (AvgIpc) is 2.44. The number of carbonyl (C=O) groups is 2. The molecule has 0 atom stereocenters. The van der Waals surface area contributed by atoms with Crippen molar-refractivity contribution in [3.8, 4) is 11.8 Å². The average molecular weight is 287 g/mol. The number of nitrogens with zero attached hydrogens (tertiary/aromatic N) is 1. The third kappa shape index (κ3) is 4.93. The van der Waals surface area contributed by atoms with Crippen LogP contribution in [-0.2, 0) is 4.79 Å². The van der Waals surface area contributed by atoms with Gasteiger partial charge in [-0.25, -0.2) is 0 Å². The number of hydrogen-bond acceptors (Lipinski definition) is 3. The molecule has 0 spiro atoms. The molecule has 1 aromatic rings. The second kappa shape index (κ2) is 8.08. The van der Waals surface area contributed by atoms with E-state index < -0.39 is 0 Å². The minimum atomic E-state index is -0.234. The Bertz CT molecular complexity index is 585. The van der Waals surface area contributed by atoms with E-state index in [9.17, 15) is 9.59 Å². The number of nitrogens with one attached hydrogen (secondary N) is 1. The van der Waals surface area contributed by atoms with E-state index in [0.29, 0.717) is 17.7 Å². The van der Waals surface area contributed by atoms with Crippen LogP contribution in [0.25, 0.3) is 0 Å². The van der Waals surface area contributed by atoms with Crippen LogP contribution in [0.1, 0.15) is 28.4 Å². The number of benzene rings is 1. The number of aryl methyl sites for hydroxylation is 1. The van der Waals surface area contributed by atoms with Gasteiger partial charge in [0.2, 0.25) is 5.91 Å². The zero-order valence-corrected chi connectivity index (χ0v) is 12.7. The molecule has 0 aromatic heterocycles. The zero-order chi connectivity index (χ0) is 15.8. The van der Waals surface area contributed by atoms with Gasteiger partial charge in [-0.05, 0) is 31.5 Å². The molecular weight excluding hydrogens is 266 g/mol. The zero-order valence-electron chi connectivity index (χ0n) is 12.7. The highest BCUT2D eigenvalue weighted by atomic mass is 16.2. The summed E-state index contributed by atoms with van der Waals surface area (Å²) in [5.41, 5.74) is 7.50. The van der Waals surface area contributed by atoms with E-state index in [0.717, 1.165) is 5.56 Å². The Morgan fingerprint density at radius 1 is 1.38 bits per heavy atom. The topological polar surface area (TPSA) is 75.4 Å². The van der Waals surface area contributed by atoms with Gasteiger partial charge >= 0.3 is 0 Å².